The van der Waals surface area contributed by atoms with E-state index in [2.05, 4.69) is 0 Å². The van der Waals surface area contributed by atoms with Crippen molar-refractivity contribution in [3.8, 4) is 5.75 Å². The van der Waals surface area contributed by atoms with Crippen LogP contribution in [0.15, 0.2) is 36.4 Å². The average molecular weight is 294 g/mol. The lowest BCUT2D eigenvalue weighted by Gasteiger charge is -2.10. The maximum Gasteiger partial charge on any atom is 0.270 e. The highest BCUT2D eigenvalue weighted by atomic mass is 19.1. The molecule has 0 spiro atoms. The van der Waals surface area contributed by atoms with Gasteiger partial charge in [0.1, 0.15) is 24.0 Å². The number of nitro benzene ring substituents is 1. The van der Waals surface area contributed by atoms with Gasteiger partial charge >= 0.3 is 0 Å². The molecule has 0 fully saturated rings. The summed E-state index contributed by atoms with van der Waals surface area (Å²) in [7, 11) is 0. The van der Waals surface area contributed by atoms with E-state index in [0.717, 1.165) is 18.2 Å². The summed E-state index contributed by atoms with van der Waals surface area (Å²) in [5, 5.41) is 10.7. The first-order valence-electron chi connectivity index (χ1n) is 6.04. The van der Waals surface area contributed by atoms with Crippen LogP contribution >= 0.6 is 0 Å². The Labute approximate surface area is 119 Å². The van der Waals surface area contributed by atoms with E-state index < -0.39 is 16.6 Å². The predicted molar refractivity (Wildman–Crippen MR) is 71.7 cm³/mol. The Morgan fingerprint density at radius 3 is 2.38 bits per heavy atom. The van der Waals surface area contributed by atoms with Crippen molar-refractivity contribution in [3.63, 3.8) is 0 Å². The number of non-ortho nitro benzene ring substituents is 1. The molecule has 21 heavy (non-hydrogen) atoms. The lowest BCUT2D eigenvalue weighted by atomic mass is 10.1. The number of hydrogen-bond acceptors (Lipinski definition) is 4. The fraction of sp³-hybridized carbons (Fsp3) is 0.143. The third-order valence-electron chi connectivity index (χ3n) is 2.79. The minimum atomic E-state index is -0.698. The number of nitrogens with zero attached hydrogens (tertiary/aromatic N) is 1. The Hall–Kier alpha value is -2.54. The quantitative estimate of drug-likeness (QED) is 0.679. The van der Waals surface area contributed by atoms with Crippen LogP contribution in [0.3, 0.4) is 0 Å². The van der Waals surface area contributed by atoms with Gasteiger partial charge < -0.3 is 10.5 Å². The first kappa shape index (κ1) is 14.9. The summed E-state index contributed by atoms with van der Waals surface area (Å²) in [6.07, 6.45) is 0. The molecule has 0 unspecified atom stereocenters. The molecule has 0 saturated heterocycles. The molecule has 110 valence electrons. The number of nitrogens with two attached hydrogens (primary N) is 1. The van der Waals surface area contributed by atoms with Crippen molar-refractivity contribution < 1.29 is 18.4 Å². The van der Waals surface area contributed by atoms with Gasteiger partial charge in [-0.25, -0.2) is 8.78 Å². The van der Waals surface area contributed by atoms with Crippen LogP contribution in [-0.2, 0) is 13.2 Å². The van der Waals surface area contributed by atoms with E-state index in [-0.39, 0.29) is 18.8 Å². The fourth-order valence-corrected chi connectivity index (χ4v) is 1.84. The molecule has 0 radical (unpaired) electrons. The maximum absolute atomic E-state index is 13.1. The van der Waals surface area contributed by atoms with Gasteiger partial charge in [-0.2, -0.15) is 0 Å². The molecule has 0 amide bonds. The van der Waals surface area contributed by atoms with Crippen molar-refractivity contribution in [2.24, 2.45) is 5.73 Å². The molecule has 7 heteroatoms. The van der Waals surface area contributed by atoms with E-state index in [0.29, 0.717) is 16.9 Å². The molecule has 0 saturated carbocycles. The molecule has 5 nitrogen and oxygen atoms in total. The topological polar surface area (TPSA) is 78.4 Å². The summed E-state index contributed by atoms with van der Waals surface area (Å²) in [6.45, 7) is -0.0198. The third-order valence-corrected chi connectivity index (χ3v) is 2.79. The normalized spacial score (nSPS) is 10.4. The van der Waals surface area contributed by atoms with Gasteiger partial charge in [-0.15, -0.1) is 0 Å². The zero-order valence-corrected chi connectivity index (χ0v) is 10.9. The van der Waals surface area contributed by atoms with Gasteiger partial charge in [0, 0.05) is 30.3 Å². The average Bonchev–Trinajstić information content (AvgIpc) is 2.43. The van der Waals surface area contributed by atoms with Crippen LogP contribution < -0.4 is 10.5 Å². The van der Waals surface area contributed by atoms with Crippen molar-refractivity contribution in [2.75, 3.05) is 0 Å². The molecule has 2 aromatic rings. The van der Waals surface area contributed by atoms with E-state index in [1.807, 2.05) is 0 Å². The Bertz CT molecular complexity index is 657. The summed E-state index contributed by atoms with van der Waals surface area (Å²) in [5.41, 5.74) is 6.18. The van der Waals surface area contributed by atoms with Gasteiger partial charge in [0.25, 0.3) is 5.69 Å². The Balaban J connectivity index is 2.17. The third kappa shape index (κ3) is 3.73. The van der Waals surface area contributed by atoms with E-state index >= 15 is 0 Å². The van der Waals surface area contributed by atoms with Crippen LogP contribution in [0.5, 0.6) is 5.75 Å². The molecule has 0 atom stereocenters. The monoisotopic (exact) mass is 294 g/mol. The van der Waals surface area contributed by atoms with Crippen molar-refractivity contribution >= 4 is 5.69 Å². The van der Waals surface area contributed by atoms with Gasteiger partial charge in [0.2, 0.25) is 0 Å². The van der Waals surface area contributed by atoms with Crippen LogP contribution in [0.25, 0.3) is 0 Å². The molecular formula is C14H12F2N2O3. The number of hydrogen-bond donors (Lipinski definition) is 1. The second-order valence-corrected chi connectivity index (χ2v) is 4.32. The smallest absolute Gasteiger partial charge is 0.270 e. The number of nitro groups is 1. The number of ether oxygens (including phenoxy) is 1. The highest BCUT2D eigenvalue weighted by Gasteiger charge is 2.11. The molecule has 0 aliphatic rings. The molecule has 0 aromatic heterocycles. The van der Waals surface area contributed by atoms with Crippen molar-refractivity contribution in [1.29, 1.82) is 0 Å². The number of halogens is 2. The van der Waals surface area contributed by atoms with Crippen molar-refractivity contribution in [2.45, 2.75) is 13.2 Å². The SMILES string of the molecule is NCc1cc([N+](=O)[O-])ccc1OCc1cc(F)cc(F)c1. The summed E-state index contributed by atoms with van der Waals surface area (Å²) < 4.78 is 31.5. The molecule has 0 aliphatic heterocycles. The van der Waals surface area contributed by atoms with Gasteiger partial charge in [0.05, 0.1) is 4.92 Å². The van der Waals surface area contributed by atoms with Gasteiger partial charge in [0.15, 0.2) is 0 Å². The largest absolute Gasteiger partial charge is 0.489 e. The Kier molecular flexibility index (Phi) is 4.44. The second-order valence-electron chi connectivity index (χ2n) is 4.32. The highest BCUT2D eigenvalue weighted by Crippen LogP contribution is 2.24. The predicted octanol–water partition coefficient (Wildman–Crippen LogP) is 2.91. The zero-order chi connectivity index (χ0) is 15.4. The van der Waals surface area contributed by atoms with Crippen molar-refractivity contribution in [3.05, 3.63) is 69.3 Å². The lowest BCUT2D eigenvalue weighted by Crippen LogP contribution is -2.04. The summed E-state index contributed by atoms with van der Waals surface area (Å²) in [4.78, 5) is 10.1. The summed E-state index contributed by atoms with van der Waals surface area (Å²) in [5.74, 6) is -1.06. The van der Waals surface area contributed by atoms with Crippen molar-refractivity contribution in [1.82, 2.24) is 0 Å². The number of benzene rings is 2. The lowest BCUT2D eigenvalue weighted by molar-refractivity contribution is -0.384. The molecule has 0 aliphatic carbocycles. The molecule has 0 heterocycles. The molecule has 2 N–H and O–H groups in total. The zero-order valence-electron chi connectivity index (χ0n) is 10.9. The first-order chi connectivity index (χ1) is 9.99. The van der Waals surface area contributed by atoms with E-state index in [1.54, 1.807) is 0 Å². The van der Waals surface area contributed by atoms with E-state index in [4.69, 9.17) is 10.5 Å². The van der Waals surface area contributed by atoms with Gasteiger partial charge in [-0.1, -0.05) is 0 Å². The summed E-state index contributed by atoms with van der Waals surface area (Å²) in [6, 6.07) is 7.06. The second kappa shape index (κ2) is 6.27. The minimum absolute atomic E-state index is 0.0501. The van der Waals surface area contributed by atoms with Gasteiger partial charge in [-0.3, -0.25) is 10.1 Å². The van der Waals surface area contributed by atoms with Crippen LogP contribution in [0.2, 0.25) is 0 Å². The molecular weight excluding hydrogens is 282 g/mol. The molecule has 2 rings (SSSR count). The molecule has 0 bridgehead atoms. The maximum atomic E-state index is 13.1. The van der Waals surface area contributed by atoms with Crippen LogP contribution in [0, 0.1) is 21.7 Å². The Morgan fingerprint density at radius 1 is 1.14 bits per heavy atom. The van der Waals surface area contributed by atoms with Crippen LogP contribution in [-0.4, -0.2) is 4.92 Å². The molecule has 2 aromatic carbocycles. The van der Waals surface area contributed by atoms with Gasteiger partial charge in [-0.05, 0) is 23.8 Å². The standard InChI is InChI=1S/C14H12F2N2O3/c15-11-3-9(4-12(16)6-11)8-21-14-2-1-13(18(19)20)5-10(14)7-17/h1-6H,7-8,17H2. The Morgan fingerprint density at radius 2 is 1.81 bits per heavy atom. The summed E-state index contributed by atoms with van der Waals surface area (Å²) >= 11 is 0. The van der Waals surface area contributed by atoms with Crippen LogP contribution in [0.1, 0.15) is 11.1 Å². The highest BCUT2D eigenvalue weighted by molar-refractivity contribution is 5.43. The van der Waals surface area contributed by atoms with Crippen LogP contribution in [0.4, 0.5) is 14.5 Å². The first-order valence-corrected chi connectivity index (χ1v) is 6.04. The minimum Gasteiger partial charge on any atom is -0.489 e. The fourth-order valence-electron chi connectivity index (χ4n) is 1.84. The van der Waals surface area contributed by atoms with E-state index in [1.165, 1.54) is 18.2 Å². The van der Waals surface area contributed by atoms with E-state index in [9.17, 15) is 18.9 Å². The number of rotatable bonds is 5.